The first-order valence-corrected chi connectivity index (χ1v) is 7.69. The average molecular weight is 238 g/mol. The highest BCUT2D eigenvalue weighted by molar-refractivity contribution is 4.87. The lowest BCUT2D eigenvalue weighted by Gasteiger charge is -2.35. The molecule has 0 aromatic heterocycles. The molecule has 0 saturated heterocycles. The first-order chi connectivity index (χ1) is 8.20. The van der Waals surface area contributed by atoms with E-state index in [-0.39, 0.29) is 0 Å². The fourth-order valence-corrected chi connectivity index (χ4v) is 2.69. The van der Waals surface area contributed by atoms with Crippen molar-refractivity contribution in [2.75, 3.05) is 13.1 Å². The van der Waals surface area contributed by atoms with Crippen molar-refractivity contribution in [3.63, 3.8) is 0 Å². The summed E-state index contributed by atoms with van der Waals surface area (Å²) in [6.45, 7) is 9.60. The van der Waals surface area contributed by atoms with Gasteiger partial charge < -0.3 is 5.32 Å². The van der Waals surface area contributed by atoms with Crippen molar-refractivity contribution in [3.05, 3.63) is 0 Å². The van der Waals surface area contributed by atoms with Gasteiger partial charge in [0.2, 0.25) is 0 Å². The highest BCUT2D eigenvalue weighted by atomic mass is 15.2. The molecule has 0 spiro atoms. The molecule has 0 aliphatic heterocycles. The summed E-state index contributed by atoms with van der Waals surface area (Å²) in [5.74, 6) is 1.01. The lowest BCUT2D eigenvalue weighted by atomic mass is 10.1. The molecule has 1 N–H and O–H groups in total. The molecule has 2 nitrogen and oxygen atoms in total. The molecule has 0 aromatic rings. The van der Waals surface area contributed by atoms with Crippen molar-refractivity contribution in [2.45, 2.75) is 77.4 Å². The topological polar surface area (TPSA) is 15.3 Å². The highest BCUT2D eigenvalue weighted by Gasteiger charge is 2.30. The summed E-state index contributed by atoms with van der Waals surface area (Å²) in [4.78, 5) is 2.76. The fraction of sp³-hybridized carbons (Fsp3) is 1.00. The van der Waals surface area contributed by atoms with E-state index in [1.807, 2.05) is 0 Å². The van der Waals surface area contributed by atoms with Crippen LogP contribution in [0.3, 0.4) is 0 Å². The molecule has 2 fully saturated rings. The molecule has 0 amide bonds. The van der Waals surface area contributed by atoms with Crippen LogP contribution >= 0.6 is 0 Å². The van der Waals surface area contributed by atoms with Crippen LogP contribution in [0.5, 0.6) is 0 Å². The van der Waals surface area contributed by atoms with Crippen molar-refractivity contribution >= 4 is 0 Å². The molecule has 17 heavy (non-hydrogen) atoms. The highest BCUT2D eigenvalue weighted by Crippen LogP contribution is 2.31. The molecular weight excluding hydrogens is 208 g/mol. The molecule has 2 saturated carbocycles. The van der Waals surface area contributed by atoms with Crippen molar-refractivity contribution in [2.24, 2.45) is 5.92 Å². The molecule has 2 rings (SSSR count). The summed E-state index contributed by atoms with van der Waals surface area (Å²) in [6, 6.07) is 2.32. The lowest BCUT2D eigenvalue weighted by molar-refractivity contribution is 0.134. The van der Waals surface area contributed by atoms with Gasteiger partial charge in [0.1, 0.15) is 0 Å². The summed E-state index contributed by atoms with van der Waals surface area (Å²) < 4.78 is 0. The molecule has 2 aliphatic carbocycles. The minimum atomic E-state index is 0.702. The number of nitrogens with one attached hydrogen (secondary N) is 1. The van der Waals surface area contributed by atoms with Crippen LogP contribution in [-0.4, -0.2) is 36.1 Å². The number of nitrogens with zero attached hydrogens (tertiary/aromatic N) is 1. The van der Waals surface area contributed by atoms with Crippen molar-refractivity contribution in [3.8, 4) is 0 Å². The predicted octanol–water partition coefficient (Wildman–Crippen LogP) is 3.03. The maximum absolute atomic E-state index is 3.73. The van der Waals surface area contributed by atoms with Crippen LogP contribution in [0.4, 0.5) is 0 Å². The lowest BCUT2D eigenvalue weighted by Crippen LogP contribution is -2.47. The largest absolute Gasteiger partial charge is 0.312 e. The van der Waals surface area contributed by atoms with E-state index >= 15 is 0 Å². The third kappa shape index (κ3) is 4.59. The minimum Gasteiger partial charge on any atom is -0.312 e. The second-order valence-corrected chi connectivity index (χ2v) is 6.36. The Morgan fingerprint density at radius 3 is 2.35 bits per heavy atom. The molecule has 1 atom stereocenters. The molecule has 0 bridgehead atoms. The van der Waals surface area contributed by atoms with Gasteiger partial charge in [-0.05, 0) is 51.9 Å². The van der Waals surface area contributed by atoms with Gasteiger partial charge in [-0.2, -0.15) is 0 Å². The van der Waals surface area contributed by atoms with Crippen molar-refractivity contribution in [1.29, 1.82) is 0 Å². The maximum Gasteiger partial charge on any atom is 0.0223 e. The van der Waals surface area contributed by atoms with Crippen LogP contribution in [0.25, 0.3) is 0 Å². The summed E-state index contributed by atoms with van der Waals surface area (Å²) >= 11 is 0. The average Bonchev–Trinajstić information content (AvgIpc) is 3.15. The maximum atomic E-state index is 3.73. The van der Waals surface area contributed by atoms with Gasteiger partial charge in [0.05, 0.1) is 0 Å². The monoisotopic (exact) mass is 238 g/mol. The first-order valence-electron chi connectivity index (χ1n) is 7.69. The summed E-state index contributed by atoms with van der Waals surface area (Å²) in [6.07, 6.45) is 8.41. The fourth-order valence-electron chi connectivity index (χ4n) is 2.69. The molecular formula is C15H30N2. The summed E-state index contributed by atoms with van der Waals surface area (Å²) in [5.41, 5.74) is 0. The van der Waals surface area contributed by atoms with Crippen LogP contribution in [0.1, 0.15) is 59.3 Å². The van der Waals surface area contributed by atoms with E-state index in [1.54, 1.807) is 0 Å². The Morgan fingerprint density at radius 1 is 1.18 bits per heavy atom. The molecule has 0 heterocycles. The Balaban J connectivity index is 1.83. The Kier molecular flexibility index (Phi) is 4.87. The van der Waals surface area contributed by atoms with Crippen LogP contribution in [0.2, 0.25) is 0 Å². The standard InChI is InChI=1S/C15H30N2/c1-4-5-15(10-16-14-8-9-14)17(12(2)3)11-13-6-7-13/h12-16H,4-11H2,1-3H3. The van der Waals surface area contributed by atoms with E-state index in [4.69, 9.17) is 0 Å². The van der Waals surface area contributed by atoms with Gasteiger partial charge in [-0.15, -0.1) is 0 Å². The van der Waals surface area contributed by atoms with Gasteiger partial charge in [0.15, 0.2) is 0 Å². The molecule has 2 aliphatic rings. The second kappa shape index (κ2) is 6.19. The zero-order valence-corrected chi connectivity index (χ0v) is 11.9. The Morgan fingerprint density at radius 2 is 1.88 bits per heavy atom. The zero-order valence-electron chi connectivity index (χ0n) is 11.9. The Hall–Kier alpha value is -0.0800. The third-order valence-electron chi connectivity index (χ3n) is 4.14. The van der Waals surface area contributed by atoms with E-state index in [9.17, 15) is 0 Å². The molecule has 2 heteroatoms. The van der Waals surface area contributed by atoms with Crippen LogP contribution in [0, 0.1) is 5.92 Å². The van der Waals surface area contributed by atoms with Crippen LogP contribution < -0.4 is 5.32 Å². The first kappa shape index (κ1) is 13.4. The molecule has 100 valence electrons. The summed E-state index contributed by atoms with van der Waals surface area (Å²) in [7, 11) is 0. The van der Waals surface area contributed by atoms with E-state index in [0.717, 1.165) is 18.0 Å². The van der Waals surface area contributed by atoms with E-state index in [2.05, 4.69) is 31.0 Å². The molecule has 0 radical (unpaired) electrons. The van der Waals surface area contributed by atoms with Crippen molar-refractivity contribution < 1.29 is 0 Å². The molecule has 0 aromatic carbocycles. The Labute approximate surface area is 107 Å². The van der Waals surface area contributed by atoms with Crippen LogP contribution in [-0.2, 0) is 0 Å². The van der Waals surface area contributed by atoms with E-state index in [0.29, 0.717) is 6.04 Å². The summed E-state index contributed by atoms with van der Waals surface area (Å²) in [5, 5.41) is 3.73. The van der Waals surface area contributed by atoms with Gasteiger partial charge in [-0.3, -0.25) is 4.90 Å². The minimum absolute atomic E-state index is 0.702. The number of rotatable bonds is 9. The Bertz CT molecular complexity index is 219. The second-order valence-electron chi connectivity index (χ2n) is 6.36. The predicted molar refractivity (Wildman–Crippen MR) is 74.3 cm³/mol. The van der Waals surface area contributed by atoms with Gasteiger partial charge in [-0.1, -0.05) is 13.3 Å². The van der Waals surface area contributed by atoms with Gasteiger partial charge in [0.25, 0.3) is 0 Å². The SMILES string of the molecule is CCCC(CNC1CC1)N(CC1CC1)C(C)C. The number of hydrogen-bond donors (Lipinski definition) is 1. The smallest absolute Gasteiger partial charge is 0.0223 e. The van der Waals surface area contributed by atoms with Crippen LogP contribution in [0.15, 0.2) is 0 Å². The quantitative estimate of drug-likeness (QED) is 0.664. The van der Waals surface area contributed by atoms with Crippen molar-refractivity contribution in [1.82, 2.24) is 10.2 Å². The van der Waals surface area contributed by atoms with Gasteiger partial charge >= 0.3 is 0 Å². The normalized spacial score (nSPS) is 22.4. The van der Waals surface area contributed by atoms with E-state index < -0.39 is 0 Å². The van der Waals surface area contributed by atoms with E-state index in [1.165, 1.54) is 51.6 Å². The molecule has 1 unspecified atom stereocenters. The van der Waals surface area contributed by atoms with Gasteiger partial charge in [-0.25, -0.2) is 0 Å². The number of hydrogen-bond acceptors (Lipinski definition) is 2. The third-order valence-corrected chi connectivity index (χ3v) is 4.14. The van der Waals surface area contributed by atoms with Gasteiger partial charge in [0, 0.05) is 31.2 Å². The zero-order chi connectivity index (χ0) is 12.3.